The van der Waals surface area contributed by atoms with Gasteiger partial charge in [0.2, 0.25) is 21.8 Å². The molecule has 0 spiro atoms. The lowest BCUT2D eigenvalue weighted by atomic mass is 10.1. The molecule has 0 aromatic heterocycles. The largest absolute Gasteiger partial charge is 0.326 e. The van der Waals surface area contributed by atoms with Crippen molar-refractivity contribution >= 4 is 33.2 Å². The summed E-state index contributed by atoms with van der Waals surface area (Å²) >= 11 is 0. The van der Waals surface area contributed by atoms with Gasteiger partial charge in [0.15, 0.2) is 0 Å². The summed E-state index contributed by atoms with van der Waals surface area (Å²) < 4.78 is 26.2. The summed E-state index contributed by atoms with van der Waals surface area (Å²) in [5.74, 6) is -0.884. The molecule has 0 aliphatic carbocycles. The highest BCUT2D eigenvalue weighted by molar-refractivity contribution is 7.89. The molecule has 1 atom stereocenters. The Morgan fingerprint density at radius 2 is 1.90 bits per heavy atom. The Morgan fingerprint density at radius 1 is 1.20 bits per heavy atom. The lowest BCUT2D eigenvalue weighted by Gasteiger charge is -2.20. The van der Waals surface area contributed by atoms with E-state index >= 15 is 0 Å². The van der Waals surface area contributed by atoms with Gasteiger partial charge < -0.3 is 10.2 Å². The summed E-state index contributed by atoms with van der Waals surface area (Å²) in [6.07, 6.45) is 0.919. The van der Waals surface area contributed by atoms with E-state index in [1.54, 1.807) is 24.0 Å². The van der Waals surface area contributed by atoms with Gasteiger partial charge >= 0.3 is 0 Å². The average Bonchev–Trinajstić information content (AvgIpc) is 3.10. The van der Waals surface area contributed by atoms with Gasteiger partial charge in [-0.3, -0.25) is 9.59 Å². The fourth-order valence-corrected chi connectivity index (χ4v) is 4.73. The van der Waals surface area contributed by atoms with E-state index in [1.807, 2.05) is 31.2 Å². The van der Waals surface area contributed by atoms with Gasteiger partial charge in [-0.05, 0) is 42.7 Å². The minimum absolute atomic E-state index is 0.0872. The molecule has 0 unspecified atom stereocenters. The topological polar surface area (TPSA) is 86.8 Å². The Bertz CT molecular complexity index is 1080. The second kappa shape index (κ2) is 8.57. The quantitative estimate of drug-likeness (QED) is 0.765. The van der Waals surface area contributed by atoms with Crippen molar-refractivity contribution in [3.63, 3.8) is 0 Å². The molecular formula is C22H27N3O4S. The van der Waals surface area contributed by atoms with E-state index < -0.39 is 15.9 Å². The maximum atomic E-state index is 12.8. The number of amides is 2. The molecule has 1 fully saturated rings. The number of nitrogens with one attached hydrogen (secondary N) is 1. The van der Waals surface area contributed by atoms with Gasteiger partial charge in [0, 0.05) is 38.4 Å². The van der Waals surface area contributed by atoms with Gasteiger partial charge in [0.1, 0.15) is 0 Å². The first-order valence-corrected chi connectivity index (χ1v) is 11.3. The van der Waals surface area contributed by atoms with E-state index in [0.717, 1.165) is 22.0 Å². The minimum Gasteiger partial charge on any atom is -0.326 e. The third-order valence-electron chi connectivity index (χ3n) is 5.37. The Balaban J connectivity index is 1.78. The highest BCUT2D eigenvalue weighted by Gasteiger charge is 2.36. The van der Waals surface area contributed by atoms with Crippen LogP contribution >= 0.6 is 0 Å². The molecule has 1 aliphatic heterocycles. The van der Waals surface area contributed by atoms with Crippen molar-refractivity contribution in [2.75, 3.05) is 30.9 Å². The molecule has 0 bridgehead atoms. The normalized spacial score (nSPS) is 16.9. The van der Waals surface area contributed by atoms with E-state index in [9.17, 15) is 18.0 Å². The molecule has 2 amide bonds. The summed E-state index contributed by atoms with van der Waals surface area (Å²) in [4.78, 5) is 27.2. The zero-order valence-corrected chi connectivity index (χ0v) is 18.5. The van der Waals surface area contributed by atoms with Crippen LogP contribution in [-0.2, 0) is 26.0 Å². The molecule has 1 heterocycles. The number of nitrogens with zero attached hydrogens (tertiary/aromatic N) is 2. The Hall–Kier alpha value is -2.71. The van der Waals surface area contributed by atoms with E-state index in [2.05, 4.69) is 5.32 Å². The van der Waals surface area contributed by atoms with Crippen LogP contribution in [0.15, 0.2) is 47.4 Å². The number of sulfonamides is 1. The third kappa shape index (κ3) is 4.24. The molecule has 0 radical (unpaired) electrons. The molecule has 1 N–H and O–H groups in total. The molecule has 160 valence electrons. The van der Waals surface area contributed by atoms with Gasteiger partial charge in [0.05, 0.1) is 10.8 Å². The minimum atomic E-state index is -3.63. The van der Waals surface area contributed by atoms with Crippen LogP contribution in [0.5, 0.6) is 0 Å². The number of anilines is 2. The smallest absolute Gasteiger partial charge is 0.242 e. The SMILES string of the molecule is CCc1ccccc1N1C[C@H](C(=O)Nc2ccc(C)c(S(=O)(=O)N(C)C)c2)CC1=O. The Labute approximate surface area is 177 Å². The zero-order valence-electron chi connectivity index (χ0n) is 17.7. The van der Waals surface area contributed by atoms with Gasteiger partial charge in [-0.2, -0.15) is 0 Å². The molecule has 0 saturated carbocycles. The molecule has 8 heteroatoms. The number of carbonyl (C=O) groups excluding carboxylic acids is 2. The van der Waals surface area contributed by atoms with Crippen LogP contribution in [0.2, 0.25) is 0 Å². The summed E-state index contributed by atoms with van der Waals surface area (Å²) in [6.45, 7) is 4.04. The molecule has 1 saturated heterocycles. The van der Waals surface area contributed by atoms with Crippen LogP contribution in [0, 0.1) is 12.8 Å². The van der Waals surface area contributed by atoms with Crippen molar-refractivity contribution in [1.29, 1.82) is 0 Å². The van der Waals surface area contributed by atoms with Crippen LogP contribution < -0.4 is 10.2 Å². The van der Waals surface area contributed by atoms with Crippen LogP contribution in [0.1, 0.15) is 24.5 Å². The number of para-hydroxylation sites is 1. The molecule has 7 nitrogen and oxygen atoms in total. The predicted molar refractivity (Wildman–Crippen MR) is 117 cm³/mol. The lowest BCUT2D eigenvalue weighted by molar-refractivity contribution is -0.122. The molecular weight excluding hydrogens is 402 g/mol. The van der Waals surface area contributed by atoms with Crippen LogP contribution in [-0.4, -0.2) is 45.2 Å². The average molecular weight is 430 g/mol. The van der Waals surface area contributed by atoms with Gasteiger partial charge in [-0.15, -0.1) is 0 Å². The van der Waals surface area contributed by atoms with Crippen molar-refractivity contribution in [1.82, 2.24) is 4.31 Å². The third-order valence-corrected chi connectivity index (χ3v) is 7.33. The van der Waals surface area contributed by atoms with Crippen LogP contribution in [0.3, 0.4) is 0 Å². The first-order valence-electron chi connectivity index (χ1n) is 9.87. The fraction of sp³-hybridized carbons (Fsp3) is 0.364. The van der Waals surface area contributed by atoms with Gasteiger partial charge in [0.25, 0.3) is 0 Å². The maximum absolute atomic E-state index is 12.8. The van der Waals surface area contributed by atoms with Crippen molar-refractivity contribution in [2.45, 2.75) is 31.6 Å². The molecule has 2 aromatic carbocycles. The standard InChI is InChI=1S/C22H27N3O4S/c1-5-16-8-6-7-9-19(16)25-14-17(12-21(25)26)22(27)23-18-11-10-15(2)20(13-18)30(28,29)24(3)4/h6-11,13,17H,5,12,14H2,1-4H3,(H,23,27)/t17-/m1/s1. The van der Waals surface area contributed by atoms with Crippen molar-refractivity contribution in [2.24, 2.45) is 5.92 Å². The van der Waals surface area contributed by atoms with Crippen LogP contribution in [0.4, 0.5) is 11.4 Å². The first kappa shape index (κ1) is 22.0. The predicted octanol–water partition coefficient (Wildman–Crippen LogP) is 2.80. The summed E-state index contributed by atoms with van der Waals surface area (Å²) in [5.41, 5.74) is 2.89. The van der Waals surface area contributed by atoms with Crippen molar-refractivity contribution < 1.29 is 18.0 Å². The zero-order chi connectivity index (χ0) is 22.1. The number of carbonyl (C=O) groups is 2. The molecule has 30 heavy (non-hydrogen) atoms. The number of hydrogen-bond donors (Lipinski definition) is 1. The molecule has 3 rings (SSSR count). The fourth-order valence-electron chi connectivity index (χ4n) is 3.59. The molecule has 1 aliphatic rings. The summed E-state index contributed by atoms with van der Waals surface area (Å²) in [7, 11) is -0.696. The summed E-state index contributed by atoms with van der Waals surface area (Å²) in [6, 6.07) is 12.5. The van der Waals surface area contributed by atoms with Gasteiger partial charge in [-0.25, -0.2) is 12.7 Å². The van der Waals surface area contributed by atoms with E-state index in [-0.39, 0.29) is 23.1 Å². The van der Waals surface area contributed by atoms with Crippen molar-refractivity contribution in [3.8, 4) is 0 Å². The second-order valence-corrected chi connectivity index (χ2v) is 9.76. The first-order chi connectivity index (χ1) is 14.1. The van der Waals surface area contributed by atoms with E-state index in [0.29, 0.717) is 17.8 Å². The highest BCUT2D eigenvalue weighted by Crippen LogP contribution is 2.29. The highest BCUT2D eigenvalue weighted by atomic mass is 32.2. The maximum Gasteiger partial charge on any atom is 0.242 e. The molecule has 2 aromatic rings. The Morgan fingerprint density at radius 3 is 2.57 bits per heavy atom. The Kier molecular flexibility index (Phi) is 6.28. The number of benzene rings is 2. The van der Waals surface area contributed by atoms with Crippen molar-refractivity contribution in [3.05, 3.63) is 53.6 Å². The monoisotopic (exact) mass is 429 g/mol. The van der Waals surface area contributed by atoms with Crippen LogP contribution in [0.25, 0.3) is 0 Å². The van der Waals surface area contributed by atoms with E-state index in [4.69, 9.17) is 0 Å². The number of rotatable bonds is 6. The summed E-state index contributed by atoms with van der Waals surface area (Å²) in [5, 5.41) is 2.78. The number of hydrogen-bond acceptors (Lipinski definition) is 4. The second-order valence-electron chi connectivity index (χ2n) is 7.64. The number of aryl methyl sites for hydroxylation is 2. The van der Waals surface area contributed by atoms with Gasteiger partial charge in [-0.1, -0.05) is 31.2 Å². The lowest BCUT2D eigenvalue weighted by Crippen LogP contribution is -2.29. The van der Waals surface area contributed by atoms with E-state index in [1.165, 1.54) is 20.2 Å².